The van der Waals surface area contributed by atoms with Gasteiger partial charge in [0.05, 0.1) is 16.3 Å². The minimum atomic E-state index is -4.44. The van der Waals surface area contributed by atoms with E-state index in [4.69, 9.17) is 5.11 Å². The van der Waals surface area contributed by atoms with Crippen molar-refractivity contribution in [3.8, 4) is 0 Å². The molecule has 0 unspecified atom stereocenters. The van der Waals surface area contributed by atoms with Crippen LogP contribution in [-0.4, -0.2) is 25.2 Å². The average Bonchev–Trinajstić information content (AvgIpc) is 2.74. The molecule has 0 radical (unpaired) electrons. The van der Waals surface area contributed by atoms with E-state index in [1.807, 2.05) is 42.5 Å². The molecule has 8 heteroatoms. The number of fused-ring (bicyclic) bond motifs is 1. The molecule has 0 aliphatic rings. The van der Waals surface area contributed by atoms with Crippen molar-refractivity contribution in [2.24, 2.45) is 10.2 Å². The summed E-state index contributed by atoms with van der Waals surface area (Å²) in [5.74, 6) is 0. The molecule has 0 spiro atoms. The summed E-state index contributed by atoms with van der Waals surface area (Å²) in [4.78, 5) is -0.281. The Morgan fingerprint density at radius 1 is 0.774 bits per heavy atom. The van der Waals surface area contributed by atoms with Crippen molar-refractivity contribution in [3.05, 3.63) is 66.7 Å². The zero-order valence-electron chi connectivity index (χ0n) is 19.2. The van der Waals surface area contributed by atoms with E-state index in [2.05, 4.69) is 37.9 Å². The molecule has 3 aromatic carbocycles. The molecule has 0 bridgehead atoms. The quantitative estimate of drug-likeness (QED) is 0.371. The van der Waals surface area contributed by atoms with Crippen LogP contribution in [0.3, 0.4) is 0 Å². The van der Waals surface area contributed by atoms with E-state index in [-0.39, 0.29) is 34.5 Å². The minimum absolute atomic E-state index is 0. The fourth-order valence-corrected chi connectivity index (χ4v) is 2.56. The van der Waals surface area contributed by atoms with E-state index in [9.17, 15) is 13.0 Å². The van der Waals surface area contributed by atoms with Crippen molar-refractivity contribution < 1.29 is 47.6 Å². The molecule has 0 fully saturated rings. The topological polar surface area (TPSA) is 102 Å². The second kappa shape index (κ2) is 18.0. The van der Waals surface area contributed by atoms with Gasteiger partial charge < -0.3 is 9.66 Å². The number of hydrogen-bond acceptors (Lipinski definition) is 6. The van der Waals surface area contributed by atoms with Gasteiger partial charge in [-0.1, -0.05) is 76.9 Å². The molecule has 0 aliphatic heterocycles. The maximum atomic E-state index is 10.9. The van der Waals surface area contributed by atoms with Crippen LogP contribution in [0.25, 0.3) is 10.8 Å². The Labute approximate surface area is 208 Å². The predicted molar refractivity (Wildman–Crippen MR) is 123 cm³/mol. The first-order valence-corrected chi connectivity index (χ1v) is 11.2. The summed E-state index contributed by atoms with van der Waals surface area (Å²) in [6.07, 6.45) is 2.50. The molecule has 0 atom stereocenters. The van der Waals surface area contributed by atoms with Crippen LogP contribution in [0, 0.1) is 0 Å². The third kappa shape index (κ3) is 12.1. The first kappa shape index (κ1) is 31.6. The van der Waals surface area contributed by atoms with Crippen LogP contribution in [0.15, 0.2) is 81.9 Å². The van der Waals surface area contributed by atoms with E-state index in [1.165, 1.54) is 37.1 Å². The summed E-state index contributed by atoms with van der Waals surface area (Å²) in [6, 6.07) is 18.9. The summed E-state index contributed by atoms with van der Waals surface area (Å²) in [7, 11) is -3.44. The van der Waals surface area contributed by atoms with Gasteiger partial charge in [-0.2, -0.15) is 5.11 Å². The smallest absolute Gasteiger partial charge is 0.744 e. The van der Waals surface area contributed by atoms with Crippen LogP contribution in [0.2, 0.25) is 0 Å². The third-order valence-electron chi connectivity index (χ3n) is 3.17. The molecule has 3 aromatic rings. The summed E-state index contributed by atoms with van der Waals surface area (Å²) in [5, 5.41) is 17.3. The molecule has 0 aromatic heterocycles. The van der Waals surface area contributed by atoms with E-state index in [0.717, 1.165) is 23.6 Å². The number of azo groups is 1. The van der Waals surface area contributed by atoms with Gasteiger partial charge in [0, 0.05) is 12.5 Å². The van der Waals surface area contributed by atoms with Crippen molar-refractivity contribution in [2.75, 3.05) is 7.11 Å². The van der Waals surface area contributed by atoms with E-state index < -0.39 is 10.1 Å². The number of aliphatic hydroxyl groups excluding tert-OH is 1. The summed E-state index contributed by atoms with van der Waals surface area (Å²) in [6.45, 7) is 8.50. The predicted octanol–water partition coefficient (Wildman–Crippen LogP) is 3.60. The normalized spacial score (nSPS) is 9.90. The van der Waals surface area contributed by atoms with Crippen molar-refractivity contribution in [1.82, 2.24) is 0 Å². The molecule has 0 saturated carbocycles. The molecule has 0 saturated heterocycles. The number of benzene rings is 3. The third-order valence-corrected chi connectivity index (χ3v) is 4.01. The first-order valence-electron chi connectivity index (χ1n) is 9.77. The summed E-state index contributed by atoms with van der Waals surface area (Å²) < 4.78 is 32.6. The fourth-order valence-electron chi connectivity index (χ4n) is 2.09. The van der Waals surface area contributed by atoms with Gasteiger partial charge in [-0.15, -0.1) is 5.11 Å². The Morgan fingerprint density at radius 2 is 1.26 bits per heavy atom. The van der Waals surface area contributed by atoms with Crippen LogP contribution < -0.4 is 29.6 Å². The Balaban J connectivity index is 0. The molecule has 1 N–H and O–H groups in total. The molecule has 0 heterocycles. The van der Waals surface area contributed by atoms with Crippen molar-refractivity contribution >= 4 is 32.3 Å². The maximum Gasteiger partial charge on any atom is 1.00 e. The van der Waals surface area contributed by atoms with E-state index >= 15 is 0 Å². The number of rotatable bonds is 3. The van der Waals surface area contributed by atoms with Crippen LogP contribution >= 0.6 is 0 Å². The molecule has 164 valence electrons. The van der Waals surface area contributed by atoms with Crippen LogP contribution in [0.1, 0.15) is 40.5 Å². The zero-order chi connectivity index (χ0) is 23.0. The Morgan fingerprint density at radius 3 is 1.77 bits per heavy atom. The number of nitrogens with zero attached hydrogens (tertiary/aromatic N) is 2. The molecular formula is C23H31N2NaO4S. The largest absolute Gasteiger partial charge is 1.00 e. The first-order chi connectivity index (χ1) is 14.4. The van der Waals surface area contributed by atoms with Gasteiger partial charge in [-0.25, -0.2) is 8.42 Å². The van der Waals surface area contributed by atoms with E-state index in [0.29, 0.717) is 5.69 Å². The number of hydrogen-bond donors (Lipinski definition) is 1. The Kier molecular flexibility index (Phi) is 18.3. The van der Waals surface area contributed by atoms with Gasteiger partial charge in [0.1, 0.15) is 10.1 Å². The Hall–Kier alpha value is -1.61. The molecule has 6 nitrogen and oxygen atoms in total. The van der Waals surface area contributed by atoms with Gasteiger partial charge in [0.2, 0.25) is 0 Å². The Bertz CT molecular complexity index is 985. The molecule has 3 rings (SSSR count). The summed E-state index contributed by atoms with van der Waals surface area (Å²) in [5.41, 5.74) is 1.19. The summed E-state index contributed by atoms with van der Waals surface area (Å²) >= 11 is 0. The second-order valence-corrected chi connectivity index (χ2v) is 7.44. The standard InChI is InChI=1S/C16H12N2O3S.2C3H8.CH4O.Na/c19-22(20,21)14-10-8-13(9-11-14)17-18-16-7-3-5-12-4-1-2-6-15(12)16;2*1-3-2;1-2;/h1-11H,(H,19,20,21);2*3H2,1-2H3;2H,1H3;/q;;;;+1/p-1. The fraction of sp³-hybridized carbons (Fsp3) is 0.304. The minimum Gasteiger partial charge on any atom is -0.744 e. The molecule has 31 heavy (non-hydrogen) atoms. The molecular weight excluding hydrogens is 423 g/mol. The molecule has 0 aliphatic carbocycles. The molecule has 0 amide bonds. The average molecular weight is 455 g/mol. The van der Waals surface area contributed by atoms with Crippen molar-refractivity contribution in [2.45, 2.75) is 45.4 Å². The van der Waals surface area contributed by atoms with Gasteiger partial charge in [0.25, 0.3) is 0 Å². The van der Waals surface area contributed by atoms with Crippen LogP contribution in [0.5, 0.6) is 0 Å². The van der Waals surface area contributed by atoms with Gasteiger partial charge >= 0.3 is 29.6 Å². The van der Waals surface area contributed by atoms with Crippen molar-refractivity contribution in [3.63, 3.8) is 0 Å². The monoisotopic (exact) mass is 454 g/mol. The number of aliphatic hydroxyl groups is 1. The van der Waals surface area contributed by atoms with Crippen LogP contribution in [-0.2, 0) is 10.1 Å². The zero-order valence-corrected chi connectivity index (χ0v) is 22.1. The van der Waals surface area contributed by atoms with Gasteiger partial charge in [-0.3, -0.25) is 0 Å². The van der Waals surface area contributed by atoms with Crippen LogP contribution in [0.4, 0.5) is 11.4 Å². The second-order valence-electron chi connectivity index (χ2n) is 6.06. The van der Waals surface area contributed by atoms with Gasteiger partial charge in [-0.05, 0) is 35.7 Å². The van der Waals surface area contributed by atoms with Gasteiger partial charge in [0.15, 0.2) is 0 Å². The SMILES string of the molecule is CCC.CCC.CO.O=S(=O)([O-])c1ccc(N=Nc2cccc3ccccc23)cc1.[Na+]. The van der Waals surface area contributed by atoms with E-state index in [1.54, 1.807) is 0 Å². The van der Waals surface area contributed by atoms with Crippen molar-refractivity contribution in [1.29, 1.82) is 0 Å². The maximum absolute atomic E-state index is 10.9.